The van der Waals surface area contributed by atoms with Gasteiger partial charge in [-0.25, -0.2) is 4.39 Å². The molecule has 0 saturated heterocycles. The standard InChI is InChI=1S/C16H15ClFNO3/c1-9-4-5-10(6-12(9)18)16(20)19-13-7-11(17)14(21-2)8-15(13)22-3/h4-8H,1-3H3,(H,19,20). The number of amides is 1. The Kier molecular flexibility index (Phi) is 4.88. The molecule has 2 rings (SSSR count). The highest BCUT2D eigenvalue weighted by molar-refractivity contribution is 6.32. The van der Waals surface area contributed by atoms with Crippen molar-refractivity contribution in [2.24, 2.45) is 0 Å². The Labute approximate surface area is 132 Å². The number of hydrogen-bond donors (Lipinski definition) is 1. The van der Waals surface area contributed by atoms with Crippen LogP contribution in [-0.2, 0) is 0 Å². The van der Waals surface area contributed by atoms with Gasteiger partial charge in [0, 0.05) is 11.6 Å². The van der Waals surface area contributed by atoms with Gasteiger partial charge in [0.1, 0.15) is 17.3 Å². The van der Waals surface area contributed by atoms with Crippen molar-refractivity contribution in [3.8, 4) is 11.5 Å². The smallest absolute Gasteiger partial charge is 0.255 e. The number of rotatable bonds is 4. The molecule has 0 radical (unpaired) electrons. The van der Waals surface area contributed by atoms with Gasteiger partial charge in [0.2, 0.25) is 0 Å². The monoisotopic (exact) mass is 323 g/mol. The van der Waals surface area contributed by atoms with Crippen molar-refractivity contribution < 1.29 is 18.7 Å². The largest absolute Gasteiger partial charge is 0.495 e. The molecule has 2 aromatic carbocycles. The van der Waals surface area contributed by atoms with Gasteiger partial charge in [0.05, 0.1) is 24.9 Å². The van der Waals surface area contributed by atoms with Crippen molar-refractivity contribution in [2.75, 3.05) is 19.5 Å². The van der Waals surface area contributed by atoms with Crippen LogP contribution in [0.25, 0.3) is 0 Å². The molecule has 116 valence electrons. The van der Waals surface area contributed by atoms with Crippen molar-refractivity contribution in [1.29, 1.82) is 0 Å². The van der Waals surface area contributed by atoms with Gasteiger partial charge >= 0.3 is 0 Å². The number of aryl methyl sites for hydroxylation is 1. The Morgan fingerprint density at radius 1 is 1.14 bits per heavy atom. The quantitative estimate of drug-likeness (QED) is 0.923. The number of halogens is 2. The first-order valence-electron chi connectivity index (χ1n) is 6.45. The summed E-state index contributed by atoms with van der Waals surface area (Å²) in [7, 11) is 2.94. The van der Waals surface area contributed by atoms with Crippen LogP contribution in [0.5, 0.6) is 11.5 Å². The highest BCUT2D eigenvalue weighted by Crippen LogP contribution is 2.36. The molecular weight excluding hydrogens is 309 g/mol. The van der Waals surface area contributed by atoms with Gasteiger partial charge < -0.3 is 14.8 Å². The molecule has 0 unspecified atom stereocenters. The summed E-state index contributed by atoms with van der Waals surface area (Å²) >= 11 is 6.04. The fourth-order valence-corrected chi connectivity index (χ4v) is 2.13. The number of carbonyl (C=O) groups excluding carboxylic acids is 1. The molecule has 0 aliphatic carbocycles. The van der Waals surface area contributed by atoms with Gasteiger partial charge in [-0.05, 0) is 30.7 Å². The molecule has 0 spiro atoms. The molecule has 0 bridgehead atoms. The summed E-state index contributed by atoms with van der Waals surface area (Å²) in [6.07, 6.45) is 0. The Morgan fingerprint density at radius 3 is 2.41 bits per heavy atom. The van der Waals surface area contributed by atoms with E-state index in [-0.39, 0.29) is 5.56 Å². The molecule has 6 heteroatoms. The van der Waals surface area contributed by atoms with Crippen LogP contribution < -0.4 is 14.8 Å². The molecule has 0 atom stereocenters. The fraction of sp³-hybridized carbons (Fsp3) is 0.188. The van der Waals surface area contributed by atoms with E-state index in [2.05, 4.69) is 5.32 Å². The van der Waals surface area contributed by atoms with E-state index in [9.17, 15) is 9.18 Å². The Balaban J connectivity index is 2.31. The maximum absolute atomic E-state index is 13.5. The molecule has 1 amide bonds. The van der Waals surface area contributed by atoms with E-state index in [0.717, 1.165) is 0 Å². The zero-order chi connectivity index (χ0) is 16.3. The molecule has 2 aromatic rings. The van der Waals surface area contributed by atoms with Crippen LogP contribution in [0.1, 0.15) is 15.9 Å². The van der Waals surface area contributed by atoms with E-state index in [0.29, 0.717) is 27.8 Å². The summed E-state index contributed by atoms with van der Waals surface area (Å²) in [4.78, 5) is 12.2. The summed E-state index contributed by atoms with van der Waals surface area (Å²) < 4.78 is 23.8. The van der Waals surface area contributed by atoms with Crippen LogP contribution in [0.4, 0.5) is 10.1 Å². The molecule has 0 saturated carbocycles. The lowest BCUT2D eigenvalue weighted by Crippen LogP contribution is -2.13. The van der Waals surface area contributed by atoms with Crippen LogP contribution in [0.3, 0.4) is 0 Å². The third-order valence-electron chi connectivity index (χ3n) is 3.16. The highest BCUT2D eigenvalue weighted by Gasteiger charge is 2.14. The Hall–Kier alpha value is -2.27. The average molecular weight is 324 g/mol. The summed E-state index contributed by atoms with van der Waals surface area (Å²) in [6, 6.07) is 7.35. The molecule has 0 heterocycles. The second-order valence-corrected chi connectivity index (χ2v) is 5.01. The van der Waals surface area contributed by atoms with Gasteiger partial charge in [0.15, 0.2) is 0 Å². The molecule has 1 N–H and O–H groups in total. The summed E-state index contributed by atoms with van der Waals surface area (Å²) in [6.45, 7) is 1.63. The Morgan fingerprint density at radius 2 is 1.82 bits per heavy atom. The molecule has 0 aromatic heterocycles. The second kappa shape index (κ2) is 6.66. The number of anilines is 1. The predicted molar refractivity (Wildman–Crippen MR) is 83.6 cm³/mol. The molecular formula is C16H15ClFNO3. The van der Waals surface area contributed by atoms with Crippen LogP contribution >= 0.6 is 11.6 Å². The van der Waals surface area contributed by atoms with E-state index < -0.39 is 11.7 Å². The third-order valence-corrected chi connectivity index (χ3v) is 3.45. The molecule has 4 nitrogen and oxygen atoms in total. The van der Waals surface area contributed by atoms with E-state index in [4.69, 9.17) is 21.1 Å². The molecule has 22 heavy (non-hydrogen) atoms. The summed E-state index contributed by atoms with van der Waals surface area (Å²) in [5.74, 6) is -0.0779. The maximum atomic E-state index is 13.5. The van der Waals surface area contributed by atoms with Crippen LogP contribution in [-0.4, -0.2) is 20.1 Å². The molecule has 0 fully saturated rings. The third kappa shape index (κ3) is 3.31. The first-order chi connectivity index (χ1) is 10.5. The molecule has 0 aliphatic heterocycles. The van der Waals surface area contributed by atoms with Crippen LogP contribution in [0.15, 0.2) is 30.3 Å². The zero-order valence-corrected chi connectivity index (χ0v) is 13.1. The zero-order valence-electron chi connectivity index (χ0n) is 12.4. The number of benzene rings is 2. The first-order valence-corrected chi connectivity index (χ1v) is 6.83. The van der Waals surface area contributed by atoms with Crippen molar-refractivity contribution in [3.63, 3.8) is 0 Å². The lowest BCUT2D eigenvalue weighted by Gasteiger charge is -2.13. The van der Waals surface area contributed by atoms with Gasteiger partial charge in [-0.1, -0.05) is 17.7 Å². The Bertz CT molecular complexity index is 719. The van der Waals surface area contributed by atoms with Gasteiger partial charge in [-0.3, -0.25) is 4.79 Å². The van der Waals surface area contributed by atoms with Crippen molar-refractivity contribution >= 4 is 23.2 Å². The lowest BCUT2D eigenvalue weighted by molar-refractivity contribution is 0.102. The fourth-order valence-electron chi connectivity index (χ4n) is 1.89. The van der Waals surface area contributed by atoms with Crippen molar-refractivity contribution in [3.05, 3.63) is 52.3 Å². The SMILES string of the molecule is COc1cc(OC)c(NC(=O)c2ccc(C)c(F)c2)cc1Cl. The van der Waals surface area contributed by atoms with Crippen LogP contribution in [0, 0.1) is 12.7 Å². The van der Waals surface area contributed by atoms with Gasteiger partial charge in [-0.2, -0.15) is 0 Å². The minimum Gasteiger partial charge on any atom is -0.495 e. The van der Waals surface area contributed by atoms with Gasteiger partial charge in [0.25, 0.3) is 5.91 Å². The maximum Gasteiger partial charge on any atom is 0.255 e. The van der Waals surface area contributed by atoms with Gasteiger partial charge in [-0.15, -0.1) is 0 Å². The topological polar surface area (TPSA) is 47.6 Å². The number of methoxy groups -OCH3 is 2. The van der Waals surface area contributed by atoms with Crippen molar-refractivity contribution in [1.82, 2.24) is 0 Å². The number of nitrogens with one attached hydrogen (secondary N) is 1. The normalized spacial score (nSPS) is 10.2. The highest BCUT2D eigenvalue weighted by atomic mass is 35.5. The number of hydrogen-bond acceptors (Lipinski definition) is 3. The second-order valence-electron chi connectivity index (χ2n) is 4.61. The van der Waals surface area contributed by atoms with Crippen molar-refractivity contribution in [2.45, 2.75) is 6.92 Å². The predicted octanol–water partition coefficient (Wildman–Crippen LogP) is 4.06. The van der Waals surface area contributed by atoms with E-state index in [1.807, 2.05) is 0 Å². The summed E-state index contributed by atoms with van der Waals surface area (Å²) in [5, 5.41) is 2.97. The number of carbonyl (C=O) groups is 1. The van der Waals surface area contributed by atoms with E-state index in [1.165, 1.54) is 26.4 Å². The average Bonchev–Trinajstić information content (AvgIpc) is 2.50. The first kappa shape index (κ1) is 16.1. The lowest BCUT2D eigenvalue weighted by atomic mass is 10.1. The number of ether oxygens (including phenoxy) is 2. The minimum absolute atomic E-state index is 0.206. The van der Waals surface area contributed by atoms with E-state index in [1.54, 1.807) is 25.1 Å². The van der Waals surface area contributed by atoms with E-state index >= 15 is 0 Å². The molecule has 0 aliphatic rings. The minimum atomic E-state index is -0.460. The van der Waals surface area contributed by atoms with Crippen LogP contribution in [0.2, 0.25) is 5.02 Å². The summed E-state index contributed by atoms with van der Waals surface area (Å²) in [5.41, 5.74) is 1.05.